The van der Waals surface area contributed by atoms with Crippen LogP contribution in [-0.2, 0) is 6.42 Å². The zero-order valence-electron chi connectivity index (χ0n) is 18.3. The van der Waals surface area contributed by atoms with E-state index in [0.29, 0.717) is 0 Å². The van der Waals surface area contributed by atoms with E-state index in [1.807, 2.05) is 18.2 Å². The number of hydrogen-bond acceptors (Lipinski definition) is 2. The molecule has 0 atom stereocenters. The van der Waals surface area contributed by atoms with Crippen LogP contribution in [0.2, 0.25) is 0 Å². The third-order valence-corrected chi connectivity index (χ3v) is 4.73. The lowest BCUT2D eigenvalue weighted by Crippen LogP contribution is -2.00. The van der Waals surface area contributed by atoms with Gasteiger partial charge in [-0.15, -0.1) is 6.58 Å². The van der Waals surface area contributed by atoms with Gasteiger partial charge >= 0.3 is 0 Å². The number of aliphatic hydroxyl groups excluding tert-OH is 1. The summed E-state index contributed by atoms with van der Waals surface area (Å²) in [6, 6.07) is 6.29. The molecule has 0 unspecified atom stereocenters. The SMILES string of the molecule is C=CC/C=C\C/C=C\CCCCCCCc1cccc(OCCC)c1/C=C/CO. The van der Waals surface area contributed by atoms with Gasteiger partial charge < -0.3 is 9.84 Å². The third-order valence-electron chi connectivity index (χ3n) is 4.73. The van der Waals surface area contributed by atoms with Crippen LogP contribution in [0.4, 0.5) is 0 Å². The molecule has 0 fully saturated rings. The van der Waals surface area contributed by atoms with Crippen molar-refractivity contribution in [3.05, 3.63) is 72.4 Å². The third kappa shape index (κ3) is 12.2. The van der Waals surface area contributed by atoms with Crippen molar-refractivity contribution in [2.45, 2.75) is 71.1 Å². The van der Waals surface area contributed by atoms with Crippen LogP contribution < -0.4 is 4.74 Å². The molecule has 0 radical (unpaired) electrons. The van der Waals surface area contributed by atoms with Crippen LogP contribution in [0.5, 0.6) is 5.75 Å². The molecule has 0 aliphatic heterocycles. The largest absolute Gasteiger partial charge is 0.493 e. The van der Waals surface area contributed by atoms with Gasteiger partial charge in [0.1, 0.15) is 5.75 Å². The maximum atomic E-state index is 9.15. The smallest absolute Gasteiger partial charge is 0.126 e. The van der Waals surface area contributed by atoms with Crippen molar-refractivity contribution in [3.8, 4) is 5.75 Å². The van der Waals surface area contributed by atoms with Crippen LogP contribution in [0.1, 0.15) is 75.8 Å². The average Bonchev–Trinajstić information content (AvgIpc) is 2.74. The Morgan fingerprint density at radius 1 is 0.931 bits per heavy atom. The normalized spacial score (nSPS) is 11.8. The molecular weight excluding hydrogens is 356 g/mol. The Morgan fingerprint density at radius 3 is 2.48 bits per heavy atom. The Kier molecular flexibility index (Phi) is 15.5. The molecule has 29 heavy (non-hydrogen) atoms. The molecule has 0 aliphatic rings. The molecule has 0 saturated heterocycles. The van der Waals surface area contributed by atoms with Crippen molar-refractivity contribution in [3.63, 3.8) is 0 Å². The molecule has 1 N–H and O–H groups in total. The summed E-state index contributed by atoms with van der Waals surface area (Å²) in [5, 5.41) is 9.15. The second-order valence-corrected chi connectivity index (χ2v) is 7.27. The standard InChI is InChI=1S/C27H40O2/c1-3-5-6-7-8-9-10-11-12-13-14-15-16-19-25-20-17-22-27(29-24-4-2)26(25)21-18-23-28/h3,6-7,9-10,17-18,20-22,28H,1,4-5,8,11-16,19,23-24H2,2H3/b7-6-,10-9-,21-18+. The van der Waals surface area contributed by atoms with Gasteiger partial charge in [-0.3, -0.25) is 0 Å². The second kappa shape index (κ2) is 18.0. The van der Waals surface area contributed by atoms with Crippen LogP contribution in [0.3, 0.4) is 0 Å². The van der Waals surface area contributed by atoms with Gasteiger partial charge in [-0.1, -0.05) is 80.9 Å². The molecule has 0 saturated carbocycles. The van der Waals surface area contributed by atoms with Gasteiger partial charge in [-0.05, 0) is 56.6 Å². The second-order valence-electron chi connectivity index (χ2n) is 7.27. The Bertz CT molecular complexity index is 625. The van der Waals surface area contributed by atoms with Gasteiger partial charge in [0, 0.05) is 5.56 Å². The molecule has 1 aromatic carbocycles. The lowest BCUT2D eigenvalue weighted by molar-refractivity contribution is 0.316. The molecule has 0 aromatic heterocycles. The van der Waals surface area contributed by atoms with E-state index < -0.39 is 0 Å². The minimum absolute atomic E-state index is 0.0567. The van der Waals surface area contributed by atoms with Crippen LogP contribution >= 0.6 is 0 Å². The molecule has 2 heteroatoms. The number of unbranched alkanes of at least 4 members (excludes halogenated alkanes) is 5. The summed E-state index contributed by atoms with van der Waals surface area (Å²) in [6.45, 7) is 6.61. The van der Waals surface area contributed by atoms with Crippen LogP contribution in [0.25, 0.3) is 6.08 Å². The number of aryl methyl sites for hydroxylation is 1. The summed E-state index contributed by atoms with van der Waals surface area (Å²) in [5.41, 5.74) is 2.44. The molecule has 0 amide bonds. The number of benzene rings is 1. The predicted molar refractivity (Wildman–Crippen MR) is 127 cm³/mol. The maximum Gasteiger partial charge on any atom is 0.126 e. The fraction of sp³-hybridized carbons (Fsp3) is 0.481. The van der Waals surface area contributed by atoms with E-state index in [0.717, 1.165) is 43.6 Å². The number of aliphatic hydroxyl groups is 1. The Hall–Kier alpha value is -2.06. The van der Waals surface area contributed by atoms with Crippen molar-refractivity contribution < 1.29 is 9.84 Å². The van der Waals surface area contributed by atoms with Crippen molar-refractivity contribution in [1.29, 1.82) is 0 Å². The topological polar surface area (TPSA) is 29.5 Å². The minimum atomic E-state index is 0.0567. The highest BCUT2D eigenvalue weighted by molar-refractivity contribution is 5.61. The van der Waals surface area contributed by atoms with Crippen molar-refractivity contribution in [2.24, 2.45) is 0 Å². The fourth-order valence-corrected chi connectivity index (χ4v) is 3.19. The van der Waals surface area contributed by atoms with Crippen molar-refractivity contribution in [2.75, 3.05) is 13.2 Å². The van der Waals surface area contributed by atoms with Crippen molar-refractivity contribution in [1.82, 2.24) is 0 Å². The first-order valence-electron chi connectivity index (χ1n) is 11.3. The summed E-state index contributed by atoms with van der Waals surface area (Å²) in [5.74, 6) is 0.931. The van der Waals surface area contributed by atoms with Crippen LogP contribution in [0.15, 0.2) is 61.2 Å². The number of ether oxygens (including phenoxy) is 1. The number of hydrogen-bond donors (Lipinski definition) is 1. The summed E-state index contributed by atoms with van der Waals surface area (Å²) >= 11 is 0. The molecule has 0 aliphatic carbocycles. The molecule has 2 nitrogen and oxygen atoms in total. The van der Waals surface area contributed by atoms with Crippen LogP contribution in [-0.4, -0.2) is 18.3 Å². The summed E-state index contributed by atoms with van der Waals surface area (Å²) in [7, 11) is 0. The van der Waals surface area contributed by atoms with Crippen molar-refractivity contribution >= 4 is 6.08 Å². The molecular formula is C27H40O2. The van der Waals surface area contributed by atoms with Gasteiger partial charge in [0.15, 0.2) is 0 Å². The van der Waals surface area contributed by atoms with Crippen LogP contribution in [0, 0.1) is 0 Å². The van der Waals surface area contributed by atoms with Gasteiger partial charge in [0.25, 0.3) is 0 Å². The first-order valence-corrected chi connectivity index (χ1v) is 11.3. The zero-order chi connectivity index (χ0) is 21.0. The summed E-state index contributed by atoms with van der Waals surface area (Å²) < 4.78 is 5.90. The Morgan fingerprint density at radius 2 is 1.69 bits per heavy atom. The minimum Gasteiger partial charge on any atom is -0.493 e. The molecule has 1 rings (SSSR count). The highest BCUT2D eigenvalue weighted by atomic mass is 16.5. The van der Waals surface area contributed by atoms with E-state index in [-0.39, 0.29) is 6.61 Å². The Balaban J connectivity index is 2.29. The molecule has 0 bridgehead atoms. The highest BCUT2D eigenvalue weighted by Crippen LogP contribution is 2.26. The Labute approximate surface area is 178 Å². The number of rotatable bonds is 17. The molecule has 0 spiro atoms. The molecule has 160 valence electrons. The lowest BCUT2D eigenvalue weighted by Gasteiger charge is -2.13. The van der Waals surface area contributed by atoms with Gasteiger partial charge in [-0.2, -0.15) is 0 Å². The van der Waals surface area contributed by atoms with E-state index in [9.17, 15) is 0 Å². The first-order chi connectivity index (χ1) is 14.3. The summed E-state index contributed by atoms with van der Waals surface area (Å²) in [6.07, 6.45) is 26.2. The molecule has 1 aromatic rings. The monoisotopic (exact) mass is 396 g/mol. The predicted octanol–water partition coefficient (Wildman–Crippen LogP) is 7.44. The molecule has 0 heterocycles. The maximum absolute atomic E-state index is 9.15. The number of allylic oxidation sites excluding steroid dienone is 5. The van der Waals surface area contributed by atoms with Gasteiger partial charge in [-0.25, -0.2) is 0 Å². The fourth-order valence-electron chi connectivity index (χ4n) is 3.19. The van der Waals surface area contributed by atoms with E-state index in [1.165, 1.54) is 44.1 Å². The quantitative estimate of drug-likeness (QED) is 0.219. The zero-order valence-corrected chi connectivity index (χ0v) is 18.3. The highest BCUT2D eigenvalue weighted by Gasteiger charge is 2.07. The lowest BCUT2D eigenvalue weighted by atomic mass is 9.99. The van der Waals surface area contributed by atoms with E-state index >= 15 is 0 Å². The first kappa shape index (κ1) is 25.0. The van der Waals surface area contributed by atoms with E-state index in [4.69, 9.17) is 9.84 Å². The average molecular weight is 397 g/mol. The van der Waals surface area contributed by atoms with Gasteiger partial charge in [0.2, 0.25) is 0 Å². The van der Waals surface area contributed by atoms with E-state index in [2.05, 4.69) is 49.9 Å². The van der Waals surface area contributed by atoms with E-state index in [1.54, 1.807) is 6.08 Å². The van der Waals surface area contributed by atoms with Gasteiger partial charge in [0.05, 0.1) is 13.2 Å². The summed E-state index contributed by atoms with van der Waals surface area (Å²) in [4.78, 5) is 0.